The number of rotatable bonds is 5. The van der Waals surface area contributed by atoms with Gasteiger partial charge in [-0.15, -0.1) is 0 Å². The summed E-state index contributed by atoms with van der Waals surface area (Å²) in [6.45, 7) is 2.23. The van der Waals surface area contributed by atoms with Crippen molar-refractivity contribution in [3.05, 3.63) is 35.9 Å². The first-order valence-corrected chi connectivity index (χ1v) is 7.65. The minimum absolute atomic E-state index is 0.0889. The predicted molar refractivity (Wildman–Crippen MR) is 80.1 cm³/mol. The Bertz CT molecular complexity index is 418. The molecule has 3 unspecified atom stereocenters. The quantitative estimate of drug-likeness (QED) is 0.835. The van der Waals surface area contributed by atoms with E-state index in [0.29, 0.717) is 18.8 Å². The lowest BCUT2D eigenvalue weighted by Crippen LogP contribution is -2.25. The largest absolute Gasteiger partial charge is 0.462 e. The van der Waals surface area contributed by atoms with Crippen LogP contribution in [-0.4, -0.2) is 12.1 Å². The summed E-state index contributed by atoms with van der Waals surface area (Å²) in [5, 5.41) is 0. The SMILES string of the molecule is CC1CCCC(OC(=O)CCC(N)c2ccccc2)C1. The van der Waals surface area contributed by atoms with Crippen LogP contribution in [0.15, 0.2) is 30.3 Å². The molecule has 1 fully saturated rings. The first-order chi connectivity index (χ1) is 9.65. The fourth-order valence-electron chi connectivity index (χ4n) is 2.87. The predicted octanol–water partition coefficient (Wildman–Crippen LogP) is 3.59. The third-order valence-electron chi connectivity index (χ3n) is 4.07. The van der Waals surface area contributed by atoms with Gasteiger partial charge in [0.2, 0.25) is 0 Å². The number of benzene rings is 1. The fraction of sp³-hybridized carbons (Fsp3) is 0.588. The van der Waals surface area contributed by atoms with Crippen LogP contribution < -0.4 is 5.73 Å². The Hall–Kier alpha value is -1.35. The molecule has 0 spiro atoms. The lowest BCUT2D eigenvalue weighted by molar-refractivity contribution is -0.151. The monoisotopic (exact) mass is 275 g/mol. The minimum atomic E-state index is -0.101. The van der Waals surface area contributed by atoms with Crippen LogP contribution in [0.1, 0.15) is 57.1 Å². The average Bonchev–Trinajstić information content (AvgIpc) is 2.46. The summed E-state index contributed by atoms with van der Waals surface area (Å²) in [6.07, 6.45) is 5.62. The van der Waals surface area contributed by atoms with E-state index in [1.807, 2.05) is 30.3 Å². The van der Waals surface area contributed by atoms with E-state index in [1.54, 1.807) is 0 Å². The Labute approximate surface area is 121 Å². The van der Waals surface area contributed by atoms with Gasteiger partial charge in [-0.2, -0.15) is 0 Å². The van der Waals surface area contributed by atoms with Gasteiger partial charge in [0, 0.05) is 12.5 Å². The zero-order chi connectivity index (χ0) is 14.4. The molecular weight excluding hydrogens is 250 g/mol. The molecule has 0 aromatic heterocycles. The van der Waals surface area contributed by atoms with Crippen molar-refractivity contribution in [2.24, 2.45) is 11.7 Å². The van der Waals surface area contributed by atoms with Gasteiger partial charge in [0.05, 0.1) is 0 Å². The molecule has 1 aliphatic carbocycles. The van der Waals surface area contributed by atoms with Crippen molar-refractivity contribution in [2.75, 3.05) is 0 Å². The third-order valence-corrected chi connectivity index (χ3v) is 4.07. The second kappa shape index (κ2) is 7.44. The molecule has 110 valence electrons. The average molecular weight is 275 g/mol. The number of esters is 1. The first-order valence-electron chi connectivity index (χ1n) is 7.65. The molecule has 3 atom stereocenters. The maximum atomic E-state index is 11.9. The molecule has 0 heterocycles. The standard InChI is InChI=1S/C17H25NO2/c1-13-6-5-9-15(12-13)20-17(19)11-10-16(18)14-7-3-2-4-8-14/h2-4,7-8,13,15-16H,5-6,9-12,18H2,1H3. The molecule has 1 saturated carbocycles. The van der Waals surface area contributed by atoms with Gasteiger partial charge in [0.1, 0.15) is 6.10 Å². The molecule has 0 saturated heterocycles. The summed E-state index contributed by atoms with van der Waals surface area (Å²) in [4.78, 5) is 11.9. The maximum Gasteiger partial charge on any atom is 0.306 e. The van der Waals surface area contributed by atoms with Crippen molar-refractivity contribution in [1.82, 2.24) is 0 Å². The fourth-order valence-corrected chi connectivity index (χ4v) is 2.87. The molecule has 1 aromatic carbocycles. The van der Waals surface area contributed by atoms with Gasteiger partial charge in [0.25, 0.3) is 0 Å². The van der Waals surface area contributed by atoms with Gasteiger partial charge in [-0.05, 0) is 37.2 Å². The molecule has 1 aromatic rings. The van der Waals surface area contributed by atoms with Crippen molar-refractivity contribution in [1.29, 1.82) is 0 Å². The Morgan fingerprint density at radius 1 is 1.35 bits per heavy atom. The number of ether oxygens (including phenoxy) is 1. The third kappa shape index (κ3) is 4.64. The van der Waals surface area contributed by atoms with Crippen LogP contribution in [0.25, 0.3) is 0 Å². The van der Waals surface area contributed by atoms with E-state index < -0.39 is 0 Å². The molecular formula is C17H25NO2. The number of hydrogen-bond acceptors (Lipinski definition) is 3. The number of carbonyl (C=O) groups excluding carboxylic acids is 1. The normalized spacial score (nSPS) is 24.1. The first kappa shape index (κ1) is 15.0. The van der Waals surface area contributed by atoms with Gasteiger partial charge in [0.15, 0.2) is 0 Å². The van der Waals surface area contributed by atoms with E-state index >= 15 is 0 Å². The van der Waals surface area contributed by atoms with E-state index in [1.165, 1.54) is 12.8 Å². The topological polar surface area (TPSA) is 52.3 Å². The summed E-state index contributed by atoms with van der Waals surface area (Å²) in [6, 6.07) is 9.81. The molecule has 0 aliphatic heterocycles. The lowest BCUT2D eigenvalue weighted by atomic mass is 9.89. The van der Waals surface area contributed by atoms with Crippen molar-refractivity contribution in [3.8, 4) is 0 Å². The van der Waals surface area contributed by atoms with E-state index in [2.05, 4.69) is 6.92 Å². The molecule has 1 aliphatic rings. The Balaban J connectivity index is 1.72. The molecule has 0 bridgehead atoms. The zero-order valence-corrected chi connectivity index (χ0v) is 12.3. The summed E-state index contributed by atoms with van der Waals surface area (Å²) in [5.41, 5.74) is 7.17. The second-order valence-corrected chi connectivity index (χ2v) is 5.94. The molecule has 20 heavy (non-hydrogen) atoms. The second-order valence-electron chi connectivity index (χ2n) is 5.94. The van der Waals surface area contributed by atoms with Crippen molar-refractivity contribution < 1.29 is 9.53 Å². The summed E-state index contributed by atoms with van der Waals surface area (Å²) in [7, 11) is 0. The number of carbonyl (C=O) groups is 1. The molecule has 2 N–H and O–H groups in total. The Morgan fingerprint density at radius 3 is 2.80 bits per heavy atom. The summed E-state index contributed by atoms with van der Waals surface area (Å²) < 4.78 is 5.55. The molecule has 0 amide bonds. The van der Waals surface area contributed by atoms with Crippen LogP contribution in [0.3, 0.4) is 0 Å². The Kier molecular flexibility index (Phi) is 5.60. The van der Waals surface area contributed by atoms with Crippen LogP contribution in [0.5, 0.6) is 0 Å². The zero-order valence-electron chi connectivity index (χ0n) is 12.3. The molecule has 0 radical (unpaired) electrons. The van der Waals surface area contributed by atoms with E-state index in [4.69, 9.17) is 10.5 Å². The lowest BCUT2D eigenvalue weighted by Gasteiger charge is -2.26. The van der Waals surface area contributed by atoms with Gasteiger partial charge >= 0.3 is 5.97 Å². The highest BCUT2D eigenvalue weighted by atomic mass is 16.5. The number of hydrogen-bond donors (Lipinski definition) is 1. The highest BCUT2D eigenvalue weighted by Gasteiger charge is 2.22. The van der Waals surface area contributed by atoms with Crippen LogP contribution in [0.4, 0.5) is 0 Å². The van der Waals surface area contributed by atoms with Gasteiger partial charge in [-0.25, -0.2) is 0 Å². The highest BCUT2D eigenvalue weighted by molar-refractivity contribution is 5.69. The molecule has 3 nitrogen and oxygen atoms in total. The van der Waals surface area contributed by atoms with E-state index in [9.17, 15) is 4.79 Å². The Morgan fingerprint density at radius 2 is 2.10 bits per heavy atom. The van der Waals surface area contributed by atoms with Crippen molar-refractivity contribution in [3.63, 3.8) is 0 Å². The van der Waals surface area contributed by atoms with Crippen LogP contribution in [0, 0.1) is 5.92 Å². The molecule has 3 heteroatoms. The maximum absolute atomic E-state index is 11.9. The van der Waals surface area contributed by atoms with Crippen LogP contribution >= 0.6 is 0 Å². The van der Waals surface area contributed by atoms with Gasteiger partial charge in [-0.3, -0.25) is 4.79 Å². The van der Waals surface area contributed by atoms with Crippen LogP contribution in [0.2, 0.25) is 0 Å². The van der Waals surface area contributed by atoms with E-state index in [0.717, 1.165) is 18.4 Å². The number of nitrogens with two attached hydrogens (primary N) is 1. The smallest absolute Gasteiger partial charge is 0.306 e. The highest BCUT2D eigenvalue weighted by Crippen LogP contribution is 2.26. The van der Waals surface area contributed by atoms with Crippen molar-refractivity contribution in [2.45, 2.75) is 57.6 Å². The molecule has 2 rings (SSSR count). The summed E-state index contributed by atoms with van der Waals surface area (Å²) in [5.74, 6) is 0.573. The van der Waals surface area contributed by atoms with Crippen molar-refractivity contribution >= 4 is 5.97 Å². The van der Waals surface area contributed by atoms with E-state index in [-0.39, 0.29) is 18.1 Å². The van der Waals surface area contributed by atoms with Gasteiger partial charge < -0.3 is 10.5 Å². The minimum Gasteiger partial charge on any atom is -0.462 e. The van der Waals surface area contributed by atoms with Gasteiger partial charge in [-0.1, -0.05) is 43.7 Å². The van der Waals surface area contributed by atoms with Crippen LogP contribution in [-0.2, 0) is 9.53 Å². The summed E-state index contributed by atoms with van der Waals surface area (Å²) >= 11 is 0.